The van der Waals surface area contributed by atoms with Gasteiger partial charge in [-0.3, -0.25) is 4.90 Å². The smallest absolute Gasteiger partial charge is 0.475 e. The molecule has 2 aliphatic rings. The summed E-state index contributed by atoms with van der Waals surface area (Å²) in [5, 5.41) is 7.12. The van der Waals surface area contributed by atoms with Gasteiger partial charge in [-0.15, -0.1) is 0 Å². The Morgan fingerprint density at radius 2 is 1.79 bits per heavy atom. The minimum Gasteiger partial charge on any atom is -0.475 e. The molecule has 2 fully saturated rings. The number of carbonyl (C=O) groups is 1. The summed E-state index contributed by atoms with van der Waals surface area (Å²) in [6.45, 7) is 6.12. The molecule has 1 atom stereocenters. The van der Waals surface area contributed by atoms with Gasteiger partial charge in [0.15, 0.2) is 0 Å². The number of nitrogens with zero attached hydrogens (tertiary/aromatic N) is 4. The van der Waals surface area contributed by atoms with E-state index < -0.39 is 12.1 Å². The number of piperidine rings is 1. The van der Waals surface area contributed by atoms with Crippen LogP contribution in [0.15, 0.2) is 42.7 Å². The zero-order valence-corrected chi connectivity index (χ0v) is 18.0. The fourth-order valence-electron chi connectivity index (χ4n) is 4.16. The van der Waals surface area contributed by atoms with Gasteiger partial charge >= 0.3 is 12.1 Å². The maximum absolute atomic E-state index is 13.2. The molecule has 1 spiro atoms. The zero-order valence-electron chi connectivity index (χ0n) is 18.0. The van der Waals surface area contributed by atoms with Crippen molar-refractivity contribution in [1.82, 2.24) is 14.9 Å². The summed E-state index contributed by atoms with van der Waals surface area (Å²) in [4.78, 5) is 22.5. The van der Waals surface area contributed by atoms with E-state index in [9.17, 15) is 17.6 Å². The first kappa shape index (κ1) is 24.8. The number of likely N-dealkylation sites (tertiary alicyclic amines) is 1. The van der Waals surface area contributed by atoms with Crippen molar-refractivity contribution in [3.8, 4) is 0 Å². The number of hydrogen-bond acceptors (Lipinski definition) is 6. The molecule has 1 N–H and O–H groups in total. The SMILES string of the molecule is Fc1ccc(CN2CCCC3(COCCN(c4ncccn4)C3)C2)cc1.O=C(O)C(F)(F)F. The van der Waals surface area contributed by atoms with Gasteiger partial charge in [0.2, 0.25) is 5.95 Å². The Hall–Kier alpha value is -2.79. The second kappa shape index (κ2) is 10.9. The Labute approximate surface area is 189 Å². The van der Waals surface area contributed by atoms with Crippen molar-refractivity contribution in [2.75, 3.05) is 44.3 Å². The third-order valence-electron chi connectivity index (χ3n) is 5.58. The topological polar surface area (TPSA) is 78.8 Å². The summed E-state index contributed by atoms with van der Waals surface area (Å²) in [6, 6.07) is 8.68. The molecule has 4 rings (SSSR count). The summed E-state index contributed by atoms with van der Waals surface area (Å²) in [6.07, 6.45) is 0.801. The molecule has 0 bridgehead atoms. The van der Waals surface area contributed by atoms with Crippen molar-refractivity contribution < 1.29 is 32.2 Å². The van der Waals surface area contributed by atoms with Gasteiger partial charge in [0.25, 0.3) is 0 Å². The molecule has 11 heteroatoms. The molecule has 0 radical (unpaired) electrons. The van der Waals surface area contributed by atoms with Gasteiger partial charge in [-0.25, -0.2) is 19.2 Å². The number of halogens is 4. The predicted octanol–water partition coefficient (Wildman–Crippen LogP) is 3.37. The summed E-state index contributed by atoms with van der Waals surface area (Å²) < 4.78 is 50.9. The Morgan fingerprint density at radius 1 is 1.12 bits per heavy atom. The fourth-order valence-corrected chi connectivity index (χ4v) is 4.16. The number of rotatable bonds is 3. The Balaban J connectivity index is 0.000000383. The van der Waals surface area contributed by atoms with Crippen LogP contribution in [-0.2, 0) is 16.1 Å². The van der Waals surface area contributed by atoms with Gasteiger partial charge in [-0.05, 0) is 43.1 Å². The van der Waals surface area contributed by atoms with Gasteiger partial charge in [0.05, 0.1) is 13.2 Å². The number of aliphatic carboxylic acids is 1. The number of aromatic nitrogens is 2. The van der Waals surface area contributed by atoms with Crippen LogP contribution in [0.3, 0.4) is 0 Å². The molecule has 7 nitrogen and oxygen atoms in total. The van der Waals surface area contributed by atoms with Crippen LogP contribution in [0.1, 0.15) is 18.4 Å². The monoisotopic (exact) mass is 470 g/mol. The van der Waals surface area contributed by atoms with Gasteiger partial charge in [0, 0.05) is 44.0 Å². The molecular weight excluding hydrogens is 444 g/mol. The van der Waals surface area contributed by atoms with Crippen molar-refractivity contribution in [3.63, 3.8) is 0 Å². The van der Waals surface area contributed by atoms with E-state index in [0.29, 0.717) is 6.61 Å². The van der Waals surface area contributed by atoms with Crippen molar-refractivity contribution in [3.05, 3.63) is 54.1 Å². The van der Waals surface area contributed by atoms with E-state index in [0.717, 1.165) is 63.7 Å². The summed E-state index contributed by atoms with van der Waals surface area (Å²) in [7, 11) is 0. The minimum atomic E-state index is -5.08. The molecule has 1 aromatic heterocycles. The highest BCUT2D eigenvalue weighted by Crippen LogP contribution is 2.34. The molecule has 2 aromatic rings. The van der Waals surface area contributed by atoms with Crippen LogP contribution >= 0.6 is 0 Å². The highest BCUT2D eigenvalue weighted by atomic mass is 19.4. The molecule has 2 aliphatic heterocycles. The van der Waals surface area contributed by atoms with E-state index in [1.807, 2.05) is 18.2 Å². The molecule has 33 heavy (non-hydrogen) atoms. The Morgan fingerprint density at radius 3 is 2.42 bits per heavy atom. The molecule has 2 saturated heterocycles. The van der Waals surface area contributed by atoms with Crippen LogP contribution in [0.5, 0.6) is 0 Å². The van der Waals surface area contributed by atoms with Crippen LogP contribution in [0.4, 0.5) is 23.5 Å². The zero-order chi connectivity index (χ0) is 23.9. The summed E-state index contributed by atoms with van der Waals surface area (Å²) >= 11 is 0. The van der Waals surface area contributed by atoms with Crippen molar-refractivity contribution in [2.45, 2.75) is 25.6 Å². The highest BCUT2D eigenvalue weighted by molar-refractivity contribution is 5.73. The average Bonchev–Trinajstić information content (AvgIpc) is 2.98. The van der Waals surface area contributed by atoms with E-state index in [1.54, 1.807) is 12.4 Å². The lowest BCUT2D eigenvalue weighted by molar-refractivity contribution is -0.192. The van der Waals surface area contributed by atoms with E-state index in [1.165, 1.54) is 12.1 Å². The number of carboxylic acid groups (broad SMARTS) is 1. The number of alkyl halides is 3. The number of benzene rings is 1. The number of carboxylic acids is 1. The van der Waals surface area contributed by atoms with Crippen LogP contribution < -0.4 is 4.90 Å². The summed E-state index contributed by atoms with van der Waals surface area (Å²) in [5.74, 6) is -2.15. The molecule has 0 saturated carbocycles. The predicted molar refractivity (Wildman–Crippen MR) is 112 cm³/mol. The quantitative estimate of drug-likeness (QED) is 0.690. The van der Waals surface area contributed by atoms with E-state index in [2.05, 4.69) is 19.8 Å². The molecule has 180 valence electrons. The van der Waals surface area contributed by atoms with E-state index in [-0.39, 0.29) is 11.2 Å². The van der Waals surface area contributed by atoms with E-state index in [4.69, 9.17) is 14.6 Å². The highest BCUT2D eigenvalue weighted by Gasteiger charge is 2.39. The second-order valence-electron chi connectivity index (χ2n) is 8.27. The van der Waals surface area contributed by atoms with Crippen LogP contribution in [-0.4, -0.2) is 71.5 Å². The van der Waals surface area contributed by atoms with Crippen LogP contribution in [0, 0.1) is 11.2 Å². The fraction of sp³-hybridized carbons (Fsp3) is 0.500. The maximum Gasteiger partial charge on any atom is 0.490 e. The third kappa shape index (κ3) is 7.36. The third-order valence-corrected chi connectivity index (χ3v) is 5.58. The summed E-state index contributed by atoms with van der Waals surface area (Å²) in [5.41, 5.74) is 1.25. The number of ether oxygens (including phenoxy) is 1. The van der Waals surface area contributed by atoms with Gasteiger partial charge < -0.3 is 14.7 Å². The molecule has 1 unspecified atom stereocenters. The van der Waals surface area contributed by atoms with Gasteiger partial charge in [-0.1, -0.05) is 12.1 Å². The Kier molecular flexibility index (Phi) is 8.20. The molecular formula is C22H26F4N4O3. The van der Waals surface area contributed by atoms with Crippen molar-refractivity contribution in [2.24, 2.45) is 5.41 Å². The maximum atomic E-state index is 13.2. The molecule has 3 heterocycles. The van der Waals surface area contributed by atoms with Gasteiger partial charge in [0.1, 0.15) is 5.82 Å². The lowest BCUT2D eigenvalue weighted by Crippen LogP contribution is -2.50. The standard InChI is InChI=1S/C20H25FN4O.C2HF3O2/c21-18-5-3-17(4-6-18)13-24-10-1-7-20(14-24)15-25(11-12-26-16-20)19-22-8-2-9-23-19;3-2(4,5)1(6)7/h2-6,8-9H,1,7,10-16H2;(H,6,7). The van der Waals surface area contributed by atoms with Gasteiger partial charge in [-0.2, -0.15) is 13.2 Å². The first-order valence-electron chi connectivity index (χ1n) is 10.5. The first-order chi connectivity index (χ1) is 15.7. The normalized spacial score (nSPS) is 21.8. The van der Waals surface area contributed by atoms with Crippen molar-refractivity contribution in [1.29, 1.82) is 0 Å². The Bertz CT molecular complexity index is 899. The molecule has 1 aromatic carbocycles. The molecule has 0 amide bonds. The lowest BCUT2D eigenvalue weighted by Gasteiger charge is -2.43. The first-order valence-corrected chi connectivity index (χ1v) is 10.5. The average molecular weight is 470 g/mol. The second-order valence-corrected chi connectivity index (χ2v) is 8.27. The lowest BCUT2D eigenvalue weighted by atomic mass is 9.80. The minimum absolute atomic E-state index is 0.0913. The van der Waals surface area contributed by atoms with Crippen LogP contribution in [0.25, 0.3) is 0 Å². The van der Waals surface area contributed by atoms with Crippen molar-refractivity contribution >= 4 is 11.9 Å². The number of anilines is 1. The largest absolute Gasteiger partial charge is 0.490 e. The van der Waals surface area contributed by atoms with E-state index >= 15 is 0 Å². The van der Waals surface area contributed by atoms with Crippen LogP contribution in [0.2, 0.25) is 0 Å². The number of hydrogen-bond donors (Lipinski definition) is 1. The molecule has 0 aliphatic carbocycles.